The molecule has 202 valence electrons. The third-order valence-electron chi connectivity index (χ3n) is 6.55. The number of esters is 1. The van der Waals surface area contributed by atoms with E-state index in [0.29, 0.717) is 12.0 Å². The van der Waals surface area contributed by atoms with Gasteiger partial charge in [-0.1, -0.05) is 51.6 Å². The van der Waals surface area contributed by atoms with E-state index in [2.05, 4.69) is 6.58 Å². The number of nitrogens with zero attached hydrogens (tertiary/aromatic N) is 1. The highest BCUT2D eigenvalue weighted by molar-refractivity contribution is 6.20. The van der Waals surface area contributed by atoms with E-state index in [9.17, 15) is 24.3 Å². The van der Waals surface area contributed by atoms with Crippen molar-refractivity contribution in [2.45, 2.75) is 59.2 Å². The Hall–Kier alpha value is -3.98. The van der Waals surface area contributed by atoms with Gasteiger partial charge in [0.25, 0.3) is 5.91 Å². The Morgan fingerprint density at radius 2 is 1.79 bits per heavy atom. The summed E-state index contributed by atoms with van der Waals surface area (Å²) in [6.07, 6.45) is 0.245. The summed E-state index contributed by atoms with van der Waals surface area (Å²) in [5.74, 6) is -2.19. The van der Waals surface area contributed by atoms with Crippen LogP contribution in [-0.2, 0) is 14.3 Å². The van der Waals surface area contributed by atoms with Crippen LogP contribution in [0.4, 0.5) is 11.4 Å². The van der Waals surface area contributed by atoms with Crippen LogP contribution in [0.1, 0.15) is 91.0 Å². The minimum Gasteiger partial charge on any atom is -0.457 e. The molecule has 2 aromatic rings. The lowest BCUT2D eigenvalue weighted by Crippen LogP contribution is -2.45. The Kier molecular flexibility index (Phi) is 7.83. The molecule has 3 rings (SSSR count). The summed E-state index contributed by atoms with van der Waals surface area (Å²) >= 11 is 0. The highest BCUT2D eigenvalue weighted by Crippen LogP contribution is 2.42. The van der Waals surface area contributed by atoms with Crippen molar-refractivity contribution in [2.75, 3.05) is 18.0 Å². The summed E-state index contributed by atoms with van der Waals surface area (Å²) < 4.78 is 5.44. The molecule has 0 bridgehead atoms. The van der Waals surface area contributed by atoms with Crippen LogP contribution >= 0.6 is 0 Å². The molecular formula is C29H35N3O6. The van der Waals surface area contributed by atoms with Gasteiger partial charge < -0.3 is 21.3 Å². The summed E-state index contributed by atoms with van der Waals surface area (Å²) in [6, 6.07) is 7.88. The lowest BCUT2D eigenvalue weighted by molar-refractivity contribution is -0.153. The van der Waals surface area contributed by atoms with Crippen molar-refractivity contribution in [1.82, 2.24) is 4.90 Å². The maximum Gasteiger partial charge on any atom is 0.330 e. The van der Waals surface area contributed by atoms with E-state index >= 15 is 0 Å². The first-order valence-corrected chi connectivity index (χ1v) is 12.4. The van der Waals surface area contributed by atoms with Crippen LogP contribution in [0.15, 0.2) is 43.0 Å². The summed E-state index contributed by atoms with van der Waals surface area (Å²) in [7, 11) is 0. The Labute approximate surface area is 222 Å². The molecule has 9 nitrogen and oxygen atoms in total. The molecule has 1 aliphatic rings. The van der Waals surface area contributed by atoms with Gasteiger partial charge in [-0.2, -0.15) is 0 Å². The molecule has 0 spiro atoms. The Morgan fingerprint density at radius 3 is 2.39 bits per heavy atom. The molecule has 2 amide bonds. The molecule has 1 aliphatic carbocycles. The van der Waals surface area contributed by atoms with Crippen molar-refractivity contribution in [2.24, 2.45) is 5.41 Å². The minimum absolute atomic E-state index is 0.0105. The van der Waals surface area contributed by atoms with E-state index in [1.165, 1.54) is 6.07 Å². The fourth-order valence-corrected chi connectivity index (χ4v) is 5.28. The van der Waals surface area contributed by atoms with E-state index in [0.717, 1.165) is 11.0 Å². The van der Waals surface area contributed by atoms with Crippen molar-refractivity contribution in [3.8, 4) is 0 Å². The maximum absolute atomic E-state index is 13.8. The molecule has 1 unspecified atom stereocenters. The van der Waals surface area contributed by atoms with Crippen molar-refractivity contribution < 1.29 is 29.0 Å². The normalized spacial score (nSPS) is 14.8. The molecule has 0 fully saturated rings. The van der Waals surface area contributed by atoms with Gasteiger partial charge in [0.15, 0.2) is 5.78 Å². The summed E-state index contributed by atoms with van der Waals surface area (Å²) in [4.78, 5) is 53.0. The number of benzene rings is 2. The van der Waals surface area contributed by atoms with Crippen molar-refractivity contribution in [3.05, 3.63) is 70.8 Å². The number of nitrogen functional groups attached to an aromatic ring is 2. The molecule has 1 atom stereocenters. The second-order valence-electron chi connectivity index (χ2n) is 10.9. The minimum atomic E-state index is -1.20. The maximum atomic E-state index is 13.8. The van der Waals surface area contributed by atoms with Gasteiger partial charge in [0.05, 0.1) is 16.8 Å². The number of carbonyl (C=O) groups is 4. The number of hydrogen-bond donors (Lipinski definition) is 3. The summed E-state index contributed by atoms with van der Waals surface area (Å²) in [5.41, 5.74) is 11.6. The number of aliphatic hydroxyl groups excluding tert-OH is 1. The lowest BCUT2D eigenvalue weighted by Gasteiger charge is -2.37. The van der Waals surface area contributed by atoms with Gasteiger partial charge in [0, 0.05) is 35.9 Å². The third-order valence-corrected chi connectivity index (χ3v) is 6.55. The first-order chi connectivity index (χ1) is 17.6. The number of aliphatic hydroxyl groups is 1. The number of imide groups is 1. The zero-order valence-corrected chi connectivity index (χ0v) is 22.5. The predicted octanol–water partition coefficient (Wildman–Crippen LogP) is 3.78. The number of ether oxygens (including phenoxy) is 1. The fourth-order valence-electron chi connectivity index (χ4n) is 5.28. The zero-order valence-electron chi connectivity index (χ0n) is 22.5. The largest absolute Gasteiger partial charge is 0.457 e. The first kappa shape index (κ1) is 28.6. The van der Waals surface area contributed by atoms with E-state index in [1.54, 1.807) is 45.0 Å². The highest BCUT2D eigenvalue weighted by Gasteiger charge is 2.39. The SMILES string of the molecule is C=CC(=O)OC(C)(C)CC(C)(C)CN(C(=O)CC)C(=O)c1cc(N)c2c(c1N)C(=O)c1ccccc1C2O. The number of amides is 2. The molecule has 0 aromatic heterocycles. The van der Waals surface area contributed by atoms with Gasteiger partial charge >= 0.3 is 5.97 Å². The van der Waals surface area contributed by atoms with Gasteiger partial charge in [0.2, 0.25) is 5.91 Å². The van der Waals surface area contributed by atoms with E-state index in [4.69, 9.17) is 16.2 Å². The van der Waals surface area contributed by atoms with Gasteiger partial charge in [0.1, 0.15) is 11.7 Å². The molecule has 0 radical (unpaired) electrons. The lowest BCUT2D eigenvalue weighted by atomic mass is 9.79. The number of carbonyl (C=O) groups excluding carboxylic acids is 4. The topological polar surface area (TPSA) is 153 Å². The zero-order chi connectivity index (χ0) is 28.6. The van der Waals surface area contributed by atoms with Crippen LogP contribution in [0.3, 0.4) is 0 Å². The van der Waals surface area contributed by atoms with Gasteiger partial charge in [-0.25, -0.2) is 4.79 Å². The van der Waals surface area contributed by atoms with E-state index in [-0.39, 0.29) is 46.6 Å². The molecule has 0 saturated heterocycles. The molecule has 38 heavy (non-hydrogen) atoms. The molecule has 0 aliphatic heterocycles. The standard InChI is InChI=1S/C29H35N3O6/c1-7-20(33)32(15-28(3,4)14-29(5,6)38-21(34)8-2)27(37)18-13-19(30)22-23(24(18)31)26(36)17-12-10-9-11-16(17)25(22)35/h8-13,25,35H,2,7,14-15,30-31H2,1,3-6H3. The van der Waals surface area contributed by atoms with E-state index in [1.807, 2.05) is 13.8 Å². The summed E-state index contributed by atoms with van der Waals surface area (Å²) in [6.45, 7) is 12.2. The molecule has 0 saturated carbocycles. The van der Waals surface area contributed by atoms with Crippen LogP contribution in [0.25, 0.3) is 0 Å². The molecule has 9 heteroatoms. The number of fused-ring (bicyclic) bond motifs is 2. The number of ketones is 1. The monoisotopic (exact) mass is 521 g/mol. The summed E-state index contributed by atoms with van der Waals surface area (Å²) in [5, 5.41) is 11.0. The molecule has 0 heterocycles. The van der Waals surface area contributed by atoms with Crippen LogP contribution < -0.4 is 11.5 Å². The smallest absolute Gasteiger partial charge is 0.330 e. The Morgan fingerprint density at radius 1 is 1.16 bits per heavy atom. The predicted molar refractivity (Wildman–Crippen MR) is 144 cm³/mol. The average Bonchev–Trinajstić information content (AvgIpc) is 2.84. The Bertz CT molecular complexity index is 1330. The van der Waals surface area contributed by atoms with Crippen molar-refractivity contribution in [3.63, 3.8) is 0 Å². The number of anilines is 2. The van der Waals surface area contributed by atoms with Crippen LogP contribution in [0, 0.1) is 5.41 Å². The number of hydrogen-bond acceptors (Lipinski definition) is 8. The highest BCUT2D eigenvalue weighted by atomic mass is 16.6. The van der Waals surface area contributed by atoms with Crippen molar-refractivity contribution in [1.29, 1.82) is 0 Å². The molecule has 5 N–H and O–H groups in total. The average molecular weight is 522 g/mol. The number of nitrogens with two attached hydrogens (primary N) is 2. The quantitative estimate of drug-likeness (QED) is 0.269. The van der Waals surface area contributed by atoms with Crippen LogP contribution in [0.2, 0.25) is 0 Å². The second kappa shape index (κ2) is 10.4. The fraction of sp³-hybridized carbons (Fsp3) is 0.379. The molecular weight excluding hydrogens is 486 g/mol. The van der Waals surface area contributed by atoms with Crippen LogP contribution in [0.5, 0.6) is 0 Å². The Balaban J connectivity index is 2.02. The van der Waals surface area contributed by atoms with Gasteiger partial charge in [-0.15, -0.1) is 0 Å². The van der Waals surface area contributed by atoms with Crippen molar-refractivity contribution >= 4 is 34.9 Å². The van der Waals surface area contributed by atoms with E-state index < -0.39 is 40.7 Å². The first-order valence-electron chi connectivity index (χ1n) is 12.4. The van der Waals surface area contributed by atoms with Crippen LogP contribution in [-0.4, -0.2) is 45.7 Å². The van der Waals surface area contributed by atoms with Gasteiger partial charge in [-0.3, -0.25) is 19.3 Å². The molecule has 2 aromatic carbocycles. The van der Waals surface area contributed by atoms with Gasteiger partial charge in [-0.05, 0) is 37.3 Å². The third kappa shape index (κ3) is 5.47. The second-order valence-corrected chi connectivity index (χ2v) is 10.9. The number of rotatable bonds is 8.